The standard InChI is InChI=1S/C12H13ClIN3/c1-8(12-15-5-6-17(12)2)16-11-4-3-9(13)7-10(11)14/h3-8,16H,1-2H3. The van der Waals surface area contributed by atoms with Gasteiger partial charge in [-0.15, -0.1) is 0 Å². The summed E-state index contributed by atoms with van der Waals surface area (Å²) < 4.78 is 3.12. The van der Waals surface area contributed by atoms with E-state index in [9.17, 15) is 0 Å². The number of aryl methyl sites for hydroxylation is 1. The van der Waals surface area contributed by atoms with Crippen LogP contribution in [0.15, 0.2) is 30.6 Å². The maximum Gasteiger partial charge on any atom is 0.130 e. The SMILES string of the molecule is CC(Nc1ccc(Cl)cc1I)c1nccn1C. The van der Waals surface area contributed by atoms with E-state index < -0.39 is 0 Å². The fourth-order valence-electron chi connectivity index (χ4n) is 1.70. The predicted molar refractivity (Wildman–Crippen MR) is 79.4 cm³/mol. The van der Waals surface area contributed by atoms with Crippen LogP contribution < -0.4 is 5.32 Å². The topological polar surface area (TPSA) is 29.9 Å². The number of aromatic nitrogens is 2. The van der Waals surface area contributed by atoms with Gasteiger partial charge in [0.25, 0.3) is 0 Å². The fourth-order valence-corrected chi connectivity index (χ4v) is 2.73. The predicted octanol–water partition coefficient (Wildman–Crippen LogP) is 3.85. The number of hydrogen-bond donors (Lipinski definition) is 1. The van der Waals surface area contributed by atoms with E-state index in [-0.39, 0.29) is 6.04 Å². The molecule has 17 heavy (non-hydrogen) atoms. The molecular formula is C12H13ClIN3. The lowest BCUT2D eigenvalue weighted by Gasteiger charge is -2.16. The van der Waals surface area contributed by atoms with Crippen molar-refractivity contribution in [3.63, 3.8) is 0 Å². The molecule has 0 spiro atoms. The van der Waals surface area contributed by atoms with Crippen molar-refractivity contribution >= 4 is 39.9 Å². The molecule has 90 valence electrons. The van der Waals surface area contributed by atoms with Crippen LogP contribution in [0.25, 0.3) is 0 Å². The van der Waals surface area contributed by atoms with Crippen molar-refractivity contribution in [3.05, 3.63) is 45.0 Å². The highest BCUT2D eigenvalue weighted by Crippen LogP contribution is 2.25. The van der Waals surface area contributed by atoms with Crippen LogP contribution in [0.3, 0.4) is 0 Å². The van der Waals surface area contributed by atoms with Crippen LogP contribution in [0.2, 0.25) is 5.02 Å². The molecule has 0 saturated carbocycles. The van der Waals surface area contributed by atoms with E-state index in [1.54, 1.807) is 6.20 Å². The lowest BCUT2D eigenvalue weighted by molar-refractivity contribution is 0.721. The largest absolute Gasteiger partial charge is 0.375 e. The van der Waals surface area contributed by atoms with Crippen molar-refractivity contribution in [1.29, 1.82) is 0 Å². The van der Waals surface area contributed by atoms with Gasteiger partial charge in [-0.3, -0.25) is 0 Å². The third kappa shape index (κ3) is 2.93. The Balaban J connectivity index is 2.19. The zero-order valence-corrected chi connectivity index (χ0v) is 12.5. The lowest BCUT2D eigenvalue weighted by Crippen LogP contribution is -2.12. The van der Waals surface area contributed by atoms with Crippen LogP contribution in [0.1, 0.15) is 18.8 Å². The fraction of sp³-hybridized carbons (Fsp3) is 0.250. The van der Waals surface area contributed by atoms with Gasteiger partial charge in [-0.1, -0.05) is 11.6 Å². The van der Waals surface area contributed by atoms with E-state index >= 15 is 0 Å². The number of benzene rings is 1. The van der Waals surface area contributed by atoms with Crippen LogP contribution in [0.5, 0.6) is 0 Å². The van der Waals surface area contributed by atoms with Gasteiger partial charge in [-0.25, -0.2) is 4.98 Å². The van der Waals surface area contributed by atoms with E-state index in [0.717, 1.165) is 20.1 Å². The normalized spacial score (nSPS) is 12.5. The quantitative estimate of drug-likeness (QED) is 0.842. The van der Waals surface area contributed by atoms with Crippen LogP contribution in [0, 0.1) is 3.57 Å². The Labute approximate surface area is 119 Å². The zero-order chi connectivity index (χ0) is 12.4. The van der Waals surface area contributed by atoms with Crippen molar-refractivity contribution < 1.29 is 0 Å². The summed E-state index contributed by atoms with van der Waals surface area (Å²) in [6.07, 6.45) is 3.75. The summed E-state index contributed by atoms with van der Waals surface area (Å²) in [5, 5.41) is 4.19. The van der Waals surface area contributed by atoms with Crippen LogP contribution in [0.4, 0.5) is 5.69 Å². The molecule has 0 saturated heterocycles. The molecule has 2 aromatic rings. The van der Waals surface area contributed by atoms with E-state index in [0.29, 0.717) is 0 Å². The highest BCUT2D eigenvalue weighted by Gasteiger charge is 2.11. The van der Waals surface area contributed by atoms with Gasteiger partial charge in [0.2, 0.25) is 0 Å². The summed E-state index contributed by atoms with van der Waals surface area (Å²) in [6.45, 7) is 2.09. The van der Waals surface area contributed by atoms with Gasteiger partial charge in [0.1, 0.15) is 5.82 Å². The second kappa shape index (κ2) is 5.27. The Morgan fingerprint density at radius 1 is 1.47 bits per heavy atom. The molecule has 0 aliphatic carbocycles. The summed E-state index contributed by atoms with van der Waals surface area (Å²) in [4.78, 5) is 4.33. The van der Waals surface area contributed by atoms with Gasteiger partial charge in [0, 0.05) is 33.7 Å². The molecule has 5 heteroatoms. The minimum atomic E-state index is 0.157. The molecule has 2 rings (SSSR count). The molecule has 0 fully saturated rings. The number of anilines is 1. The minimum Gasteiger partial charge on any atom is -0.375 e. The molecular weight excluding hydrogens is 349 g/mol. The molecule has 0 aliphatic rings. The number of nitrogens with zero attached hydrogens (tertiary/aromatic N) is 2. The molecule has 3 nitrogen and oxygen atoms in total. The summed E-state index contributed by atoms with van der Waals surface area (Å²) in [5.41, 5.74) is 1.07. The summed E-state index contributed by atoms with van der Waals surface area (Å²) in [6, 6.07) is 5.97. The monoisotopic (exact) mass is 361 g/mol. The van der Waals surface area contributed by atoms with Crippen molar-refractivity contribution in [2.24, 2.45) is 7.05 Å². The first-order chi connectivity index (χ1) is 8.08. The van der Waals surface area contributed by atoms with E-state index in [1.807, 2.05) is 36.0 Å². The maximum atomic E-state index is 5.93. The van der Waals surface area contributed by atoms with Crippen molar-refractivity contribution in [2.45, 2.75) is 13.0 Å². The Kier molecular flexibility index (Phi) is 3.93. The lowest BCUT2D eigenvalue weighted by atomic mass is 10.2. The molecule has 1 aromatic heterocycles. The van der Waals surface area contributed by atoms with Gasteiger partial charge in [0.15, 0.2) is 0 Å². The van der Waals surface area contributed by atoms with E-state index in [2.05, 4.69) is 39.8 Å². The average Bonchev–Trinajstić information content (AvgIpc) is 2.68. The molecule has 0 bridgehead atoms. The van der Waals surface area contributed by atoms with Crippen LogP contribution >= 0.6 is 34.2 Å². The van der Waals surface area contributed by atoms with Crippen molar-refractivity contribution in [2.75, 3.05) is 5.32 Å². The smallest absolute Gasteiger partial charge is 0.130 e. The molecule has 0 radical (unpaired) electrons. The summed E-state index contributed by atoms with van der Waals surface area (Å²) >= 11 is 8.20. The third-order valence-corrected chi connectivity index (χ3v) is 3.68. The number of hydrogen-bond acceptors (Lipinski definition) is 2. The molecule has 1 unspecified atom stereocenters. The molecule has 0 aliphatic heterocycles. The highest BCUT2D eigenvalue weighted by molar-refractivity contribution is 14.1. The Hall–Kier alpha value is -0.750. The van der Waals surface area contributed by atoms with Gasteiger partial charge in [-0.05, 0) is 47.7 Å². The maximum absolute atomic E-state index is 5.93. The first-order valence-electron chi connectivity index (χ1n) is 5.26. The highest BCUT2D eigenvalue weighted by atomic mass is 127. The van der Waals surface area contributed by atoms with Gasteiger partial charge in [0.05, 0.1) is 6.04 Å². The minimum absolute atomic E-state index is 0.157. The van der Waals surface area contributed by atoms with Crippen molar-refractivity contribution in [3.8, 4) is 0 Å². The second-order valence-corrected chi connectivity index (χ2v) is 5.49. The summed E-state index contributed by atoms with van der Waals surface area (Å²) in [7, 11) is 1.99. The zero-order valence-electron chi connectivity index (χ0n) is 9.61. The number of imidazole rings is 1. The van der Waals surface area contributed by atoms with Crippen molar-refractivity contribution in [1.82, 2.24) is 9.55 Å². The van der Waals surface area contributed by atoms with Crippen LogP contribution in [-0.4, -0.2) is 9.55 Å². The second-order valence-electron chi connectivity index (χ2n) is 3.89. The van der Waals surface area contributed by atoms with E-state index in [1.165, 1.54) is 0 Å². The van der Waals surface area contributed by atoms with Gasteiger partial charge in [-0.2, -0.15) is 0 Å². The van der Waals surface area contributed by atoms with Crippen LogP contribution in [-0.2, 0) is 7.05 Å². The number of halogens is 2. The first kappa shape index (κ1) is 12.7. The Bertz CT molecular complexity index is 524. The number of rotatable bonds is 3. The van der Waals surface area contributed by atoms with Gasteiger partial charge >= 0.3 is 0 Å². The molecule has 0 amide bonds. The van der Waals surface area contributed by atoms with E-state index in [4.69, 9.17) is 11.6 Å². The average molecular weight is 362 g/mol. The summed E-state index contributed by atoms with van der Waals surface area (Å²) in [5.74, 6) is 1.01. The molecule has 1 N–H and O–H groups in total. The molecule has 1 atom stereocenters. The molecule has 1 heterocycles. The molecule has 1 aromatic carbocycles. The Morgan fingerprint density at radius 3 is 2.82 bits per heavy atom. The first-order valence-corrected chi connectivity index (χ1v) is 6.72. The third-order valence-electron chi connectivity index (χ3n) is 2.55. The Morgan fingerprint density at radius 2 is 2.24 bits per heavy atom. The number of nitrogens with one attached hydrogen (secondary N) is 1. The van der Waals surface area contributed by atoms with Gasteiger partial charge < -0.3 is 9.88 Å².